The molecule has 1 aliphatic carbocycles. The summed E-state index contributed by atoms with van der Waals surface area (Å²) in [6, 6.07) is 3.65. The SMILES string of the molecule is NC(=O)[C@H](CC1CC1)NC(=O)Cc1ccc(C(F)(F)F)cc1. The van der Waals surface area contributed by atoms with E-state index in [0.717, 1.165) is 25.0 Å². The maximum absolute atomic E-state index is 12.4. The normalized spacial score (nSPS) is 16.1. The summed E-state index contributed by atoms with van der Waals surface area (Å²) >= 11 is 0. The van der Waals surface area contributed by atoms with E-state index in [1.807, 2.05) is 0 Å². The van der Waals surface area contributed by atoms with Crippen LogP contribution >= 0.6 is 0 Å². The van der Waals surface area contributed by atoms with Gasteiger partial charge in [0.2, 0.25) is 11.8 Å². The topological polar surface area (TPSA) is 72.2 Å². The van der Waals surface area contributed by atoms with Crippen molar-refractivity contribution in [3.8, 4) is 0 Å². The van der Waals surface area contributed by atoms with Crippen LogP contribution in [0.1, 0.15) is 30.4 Å². The molecule has 22 heavy (non-hydrogen) atoms. The van der Waals surface area contributed by atoms with Gasteiger partial charge in [0, 0.05) is 0 Å². The summed E-state index contributed by atoms with van der Waals surface area (Å²) in [5.74, 6) is -0.597. The van der Waals surface area contributed by atoms with Crippen molar-refractivity contribution in [1.29, 1.82) is 0 Å². The Morgan fingerprint density at radius 1 is 1.23 bits per heavy atom. The van der Waals surface area contributed by atoms with E-state index in [1.54, 1.807) is 0 Å². The van der Waals surface area contributed by atoms with Crippen LogP contribution in [0.25, 0.3) is 0 Å². The second-order valence-electron chi connectivity index (χ2n) is 5.57. The zero-order valence-electron chi connectivity index (χ0n) is 11.8. The van der Waals surface area contributed by atoms with Crippen molar-refractivity contribution in [3.05, 3.63) is 35.4 Å². The van der Waals surface area contributed by atoms with E-state index in [2.05, 4.69) is 5.32 Å². The van der Waals surface area contributed by atoms with Crippen molar-refractivity contribution in [2.24, 2.45) is 11.7 Å². The van der Waals surface area contributed by atoms with Crippen molar-refractivity contribution in [1.82, 2.24) is 5.32 Å². The van der Waals surface area contributed by atoms with Crippen molar-refractivity contribution in [2.75, 3.05) is 0 Å². The highest BCUT2D eigenvalue weighted by Crippen LogP contribution is 2.33. The monoisotopic (exact) mass is 314 g/mol. The fourth-order valence-corrected chi connectivity index (χ4v) is 2.18. The van der Waals surface area contributed by atoms with Gasteiger partial charge in [-0.25, -0.2) is 0 Å². The smallest absolute Gasteiger partial charge is 0.368 e. The number of amides is 2. The third-order valence-electron chi connectivity index (χ3n) is 3.59. The van der Waals surface area contributed by atoms with E-state index in [9.17, 15) is 22.8 Å². The van der Waals surface area contributed by atoms with Crippen LogP contribution in [0.2, 0.25) is 0 Å². The first-order valence-electron chi connectivity index (χ1n) is 7.00. The molecule has 1 aliphatic rings. The predicted molar refractivity (Wildman–Crippen MR) is 73.6 cm³/mol. The molecule has 0 aromatic heterocycles. The average Bonchev–Trinajstić information content (AvgIpc) is 3.21. The van der Waals surface area contributed by atoms with E-state index in [-0.39, 0.29) is 6.42 Å². The molecule has 0 spiro atoms. The van der Waals surface area contributed by atoms with Gasteiger partial charge in [0.1, 0.15) is 6.04 Å². The van der Waals surface area contributed by atoms with E-state index in [0.29, 0.717) is 17.9 Å². The minimum absolute atomic E-state index is 0.0907. The van der Waals surface area contributed by atoms with Crippen LogP contribution in [-0.2, 0) is 22.2 Å². The third-order valence-corrected chi connectivity index (χ3v) is 3.59. The first-order chi connectivity index (χ1) is 10.3. The molecular formula is C15H17F3N2O2. The molecule has 1 aromatic carbocycles. The fraction of sp³-hybridized carbons (Fsp3) is 0.467. The molecule has 0 saturated heterocycles. The number of carbonyl (C=O) groups is 2. The van der Waals surface area contributed by atoms with E-state index >= 15 is 0 Å². The second-order valence-corrected chi connectivity index (χ2v) is 5.57. The summed E-state index contributed by atoms with van der Waals surface area (Å²) in [6.45, 7) is 0. The van der Waals surface area contributed by atoms with Crippen LogP contribution < -0.4 is 11.1 Å². The number of carbonyl (C=O) groups excluding carboxylic acids is 2. The highest BCUT2D eigenvalue weighted by molar-refractivity contribution is 5.87. The molecule has 3 N–H and O–H groups in total. The van der Waals surface area contributed by atoms with Gasteiger partial charge in [-0.3, -0.25) is 9.59 Å². The quantitative estimate of drug-likeness (QED) is 0.843. The van der Waals surface area contributed by atoms with Crippen molar-refractivity contribution in [3.63, 3.8) is 0 Å². The molecule has 1 fully saturated rings. The van der Waals surface area contributed by atoms with Crippen molar-refractivity contribution < 1.29 is 22.8 Å². The lowest BCUT2D eigenvalue weighted by molar-refractivity contribution is -0.137. The number of alkyl halides is 3. The predicted octanol–water partition coefficient (Wildman–Crippen LogP) is 2.02. The Labute approximate surface area is 125 Å². The number of nitrogens with two attached hydrogens (primary N) is 1. The second kappa shape index (κ2) is 6.37. The van der Waals surface area contributed by atoms with Gasteiger partial charge in [0.15, 0.2) is 0 Å². The zero-order chi connectivity index (χ0) is 16.3. The molecule has 0 aliphatic heterocycles. The summed E-state index contributed by atoms with van der Waals surface area (Å²) < 4.78 is 37.3. The summed E-state index contributed by atoms with van der Waals surface area (Å²) in [5.41, 5.74) is 4.92. The molecule has 4 nitrogen and oxygen atoms in total. The molecule has 2 rings (SSSR count). The minimum Gasteiger partial charge on any atom is -0.368 e. The van der Waals surface area contributed by atoms with Crippen molar-refractivity contribution in [2.45, 2.75) is 37.9 Å². The Morgan fingerprint density at radius 3 is 2.27 bits per heavy atom. The summed E-state index contributed by atoms with van der Waals surface area (Å²) in [5, 5.41) is 2.55. The number of benzene rings is 1. The molecule has 7 heteroatoms. The number of nitrogens with one attached hydrogen (secondary N) is 1. The summed E-state index contributed by atoms with van der Waals surface area (Å²) in [6.07, 6.45) is -1.92. The van der Waals surface area contributed by atoms with E-state index < -0.39 is 29.6 Å². The van der Waals surface area contributed by atoms with Crippen LogP contribution in [-0.4, -0.2) is 17.9 Å². The number of hydrogen-bond donors (Lipinski definition) is 2. The van der Waals surface area contributed by atoms with Crippen molar-refractivity contribution >= 4 is 11.8 Å². The highest BCUT2D eigenvalue weighted by Gasteiger charge is 2.30. The largest absolute Gasteiger partial charge is 0.416 e. The van der Waals surface area contributed by atoms with Gasteiger partial charge in [0.25, 0.3) is 0 Å². The van der Waals surface area contributed by atoms with Crippen LogP contribution in [0, 0.1) is 5.92 Å². The van der Waals surface area contributed by atoms with E-state index in [4.69, 9.17) is 5.73 Å². The van der Waals surface area contributed by atoms with Gasteiger partial charge in [-0.15, -0.1) is 0 Å². The number of rotatable bonds is 6. The lowest BCUT2D eigenvalue weighted by atomic mass is 10.1. The number of halogens is 3. The standard InChI is InChI=1S/C15H17F3N2O2/c16-15(17,18)11-5-3-10(4-6-11)8-13(21)20-12(14(19)22)7-9-1-2-9/h3-6,9,12H,1-2,7-8H2,(H2,19,22)(H,20,21)/t12-/m0/s1. The lowest BCUT2D eigenvalue weighted by Crippen LogP contribution is -2.45. The molecule has 1 atom stereocenters. The van der Waals surface area contributed by atoms with Crippen LogP contribution in [0.15, 0.2) is 24.3 Å². The first-order valence-corrected chi connectivity index (χ1v) is 7.00. The van der Waals surface area contributed by atoms with Gasteiger partial charge >= 0.3 is 6.18 Å². The lowest BCUT2D eigenvalue weighted by Gasteiger charge is -2.15. The molecule has 1 aromatic rings. The Bertz CT molecular complexity index is 551. The Balaban J connectivity index is 1.91. The van der Waals surface area contributed by atoms with Crippen LogP contribution in [0.4, 0.5) is 13.2 Å². The zero-order valence-corrected chi connectivity index (χ0v) is 11.8. The molecule has 0 heterocycles. The van der Waals surface area contributed by atoms with Gasteiger partial charge < -0.3 is 11.1 Å². The molecule has 120 valence electrons. The first kappa shape index (κ1) is 16.3. The maximum atomic E-state index is 12.4. The number of hydrogen-bond acceptors (Lipinski definition) is 2. The molecule has 0 bridgehead atoms. The molecule has 1 saturated carbocycles. The van der Waals surface area contributed by atoms with E-state index in [1.165, 1.54) is 12.1 Å². The summed E-state index contributed by atoms with van der Waals surface area (Å²) in [4.78, 5) is 23.2. The Morgan fingerprint density at radius 2 is 1.82 bits per heavy atom. The third kappa shape index (κ3) is 4.75. The number of primary amides is 1. The Kier molecular flexibility index (Phi) is 4.73. The molecular weight excluding hydrogens is 297 g/mol. The van der Waals surface area contributed by atoms with Gasteiger partial charge in [-0.1, -0.05) is 25.0 Å². The molecule has 0 radical (unpaired) electrons. The van der Waals surface area contributed by atoms with Gasteiger partial charge in [-0.2, -0.15) is 13.2 Å². The van der Waals surface area contributed by atoms with Gasteiger partial charge in [0.05, 0.1) is 12.0 Å². The highest BCUT2D eigenvalue weighted by atomic mass is 19.4. The van der Waals surface area contributed by atoms with Crippen LogP contribution in [0.3, 0.4) is 0 Å². The molecule has 2 amide bonds. The minimum atomic E-state index is -4.40. The fourth-order valence-electron chi connectivity index (χ4n) is 2.18. The van der Waals surface area contributed by atoms with Gasteiger partial charge in [-0.05, 0) is 30.0 Å². The maximum Gasteiger partial charge on any atom is 0.416 e. The summed E-state index contributed by atoms with van der Waals surface area (Å²) in [7, 11) is 0. The Hall–Kier alpha value is -2.05. The average molecular weight is 314 g/mol. The van der Waals surface area contributed by atoms with Crippen LogP contribution in [0.5, 0.6) is 0 Å². The molecule has 0 unspecified atom stereocenters.